The molecule has 4 rings (SSSR count). The van der Waals surface area contributed by atoms with Gasteiger partial charge in [-0.3, -0.25) is 14.5 Å². The average molecular weight is 492 g/mol. The third-order valence-corrected chi connectivity index (χ3v) is 7.84. The zero-order valence-electron chi connectivity index (χ0n) is 19.9. The highest BCUT2D eigenvalue weighted by Gasteiger charge is 2.42. The number of rotatable bonds is 4. The van der Waals surface area contributed by atoms with Crippen molar-refractivity contribution in [3.05, 3.63) is 64.2 Å². The molecule has 0 spiro atoms. The monoisotopic (exact) mass is 491 g/mol. The van der Waals surface area contributed by atoms with Crippen LogP contribution in [-0.4, -0.2) is 28.2 Å². The average Bonchev–Trinajstić information content (AvgIpc) is 3.05. The van der Waals surface area contributed by atoms with Gasteiger partial charge in [0.25, 0.3) is 5.24 Å². The molecule has 1 saturated heterocycles. The number of amides is 2. The van der Waals surface area contributed by atoms with E-state index in [0.29, 0.717) is 5.56 Å². The number of imide groups is 1. The summed E-state index contributed by atoms with van der Waals surface area (Å²) in [5.74, 6) is -0.617. The second-order valence-corrected chi connectivity index (χ2v) is 11.3. The van der Waals surface area contributed by atoms with Crippen LogP contribution in [0.4, 0.5) is 18.0 Å². The number of alkyl halides is 3. The van der Waals surface area contributed by atoms with Crippen molar-refractivity contribution in [1.82, 2.24) is 4.90 Å². The van der Waals surface area contributed by atoms with Crippen molar-refractivity contribution < 1.29 is 27.5 Å². The van der Waals surface area contributed by atoms with Crippen molar-refractivity contribution >= 4 is 22.9 Å². The first kappa shape index (κ1) is 24.6. The molecule has 0 saturated carbocycles. The number of thioether (sulfide) groups is 1. The van der Waals surface area contributed by atoms with E-state index in [2.05, 4.69) is 44.6 Å². The lowest BCUT2D eigenvalue weighted by molar-refractivity contribution is -0.274. The lowest BCUT2D eigenvalue weighted by Gasteiger charge is -2.43. The summed E-state index contributed by atoms with van der Waals surface area (Å²) in [5.41, 5.74) is 4.63. The Kier molecular flexibility index (Phi) is 6.03. The number of carbonyl (C=O) groups is 2. The van der Waals surface area contributed by atoms with Gasteiger partial charge < -0.3 is 4.74 Å². The van der Waals surface area contributed by atoms with Crippen molar-refractivity contribution in [2.45, 2.75) is 70.7 Å². The smallest absolute Gasteiger partial charge is 0.406 e. The third-order valence-electron chi connectivity index (χ3n) is 7.01. The number of ether oxygens (including phenoxy) is 1. The summed E-state index contributed by atoms with van der Waals surface area (Å²) < 4.78 is 41.9. The highest BCUT2D eigenvalue weighted by atomic mass is 32.2. The number of hydrogen-bond donors (Lipinski definition) is 0. The predicted octanol–water partition coefficient (Wildman–Crippen LogP) is 7.03. The van der Waals surface area contributed by atoms with Crippen LogP contribution in [0.2, 0.25) is 0 Å². The van der Waals surface area contributed by atoms with Crippen LogP contribution in [0, 0.1) is 6.92 Å². The summed E-state index contributed by atoms with van der Waals surface area (Å²) in [5, 5.41) is -0.359. The summed E-state index contributed by atoms with van der Waals surface area (Å²) in [6.45, 7) is 10.8. The summed E-state index contributed by atoms with van der Waals surface area (Å²) in [4.78, 5) is 26.8. The van der Waals surface area contributed by atoms with Crippen molar-refractivity contribution in [1.29, 1.82) is 0 Å². The van der Waals surface area contributed by atoms with Gasteiger partial charge in [-0.1, -0.05) is 63.7 Å². The maximum atomic E-state index is 12.8. The number of fused-ring (bicyclic) bond motifs is 1. The maximum Gasteiger partial charge on any atom is 0.573 e. The van der Waals surface area contributed by atoms with Gasteiger partial charge in [-0.2, -0.15) is 0 Å². The molecule has 1 fully saturated rings. The molecule has 1 aliphatic heterocycles. The van der Waals surface area contributed by atoms with Gasteiger partial charge in [-0.25, -0.2) is 0 Å². The molecule has 2 aliphatic rings. The predicted molar refractivity (Wildman–Crippen MR) is 126 cm³/mol. The lowest BCUT2D eigenvalue weighted by Crippen LogP contribution is -2.37. The largest absolute Gasteiger partial charge is 0.573 e. The Hall–Kier alpha value is -2.48. The van der Waals surface area contributed by atoms with Gasteiger partial charge >= 0.3 is 6.36 Å². The summed E-state index contributed by atoms with van der Waals surface area (Å²) in [6, 6.07) is 8.93. The van der Waals surface area contributed by atoms with E-state index in [1.165, 1.54) is 40.3 Å². The fourth-order valence-corrected chi connectivity index (χ4v) is 5.70. The Morgan fingerprint density at radius 2 is 1.53 bits per heavy atom. The Labute approximate surface area is 201 Å². The van der Waals surface area contributed by atoms with Gasteiger partial charge in [-0.15, -0.1) is 13.2 Å². The number of carbonyl (C=O) groups excluding carboxylic acids is 2. The van der Waals surface area contributed by atoms with Crippen LogP contribution in [0.15, 0.2) is 36.4 Å². The Morgan fingerprint density at radius 1 is 0.971 bits per heavy atom. The van der Waals surface area contributed by atoms with Crippen LogP contribution in [0.25, 0.3) is 0 Å². The van der Waals surface area contributed by atoms with Gasteiger partial charge in [0, 0.05) is 0 Å². The van der Waals surface area contributed by atoms with Gasteiger partial charge in [-0.05, 0) is 70.5 Å². The third kappa shape index (κ3) is 4.57. The van der Waals surface area contributed by atoms with Crippen LogP contribution < -0.4 is 4.74 Å². The highest BCUT2D eigenvalue weighted by Crippen LogP contribution is 2.48. The van der Waals surface area contributed by atoms with E-state index in [9.17, 15) is 22.8 Å². The Bertz CT molecular complexity index is 1120. The van der Waals surface area contributed by atoms with Crippen molar-refractivity contribution in [3.63, 3.8) is 0 Å². The highest BCUT2D eigenvalue weighted by molar-refractivity contribution is 8.14. The van der Waals surface area contributed by atoms with Crippen LogP contribution >= 0.6 is 11.8 Å². The minimum absolute atomic E-state index is 0.00461. The van der Waals surface area contributed by atoms with Gasteiger partial charge in [0.1, 0.15) is 5.75 Å². The van der Waals surface area contributed by atoms with E-state index in [1.54, 1.807) is 0 Å². The maximum absolute atomic E-state index is 12.8. The second-order valence-electron chi connectivity index (χ2n) is 10.4. The van der Waals surface area contributed by atoms with Crippen molar-refractivity contribution in [2.24, 2.45) is 0 Å². The van der Waals surface area contributed by atoms with E-state index in [4.69, 9.17) is 0 Å². The summed E-state index contributed by atoms with van der Waals surface area (Å²) >= 11 is 0.940. The van der Waals surface area contributed by atoms with E-state index < -0.39 is 12.4 Å². The van der Waals surface area contributed by atoms with Crippen LogP contribution in [0.3, 0.4) is 0 Å². The first-order valence-electron chi connectivity index (χ1n) is 11.2. The summed E-state index contributed by atoms with van der Waals surface area (Å²) in [6.07, 6.45) is -2.75. The molecule has 0 radical (unpaired) electrons. The summed E-state index contributed by atoms with van der Waals surface area (Å²) in [7, 11) is 0. The first-order valence-corrected chi connectivity index (χ1v) is 12.2. The Balaban J connectivity index is 1.87. The van der Waals surface area contributed by atoms with E-state index in [1.807, 2.05) is 6.92 Å². The first-order chi connectivity index (χ1) is 15.7. The van der Waals surface area contributed by atoms with E-state index in [0.717, 1.165) is 35.7 Å². The minimum Gasteiger partial charge on any atom is -0.406 e. The van der Waals surface area contributed by atoms with Gasteiger partial charge in [0.15, 0.2) is 0 Å². The molecule has 1 aliphatic carbocycles. The second kappa shape index (κ2) is 8.33. The molecule has 0 aromatic heterocycles. The molecule has 2 amide bonds. The van der Waals surface area contributed by atoms with Crippen molar-refractivity contribution in [2.75, 3.05) is 5.75 Å². The van der Waals surface area contributed by atoms with Gasteiger partial charge in [0.2, 0.25) is 5.91 Å². The number of benzene rings is 2. The SMILES string of the molecule is Cc1cc2c(cc1C(c1ccc(OC(F)(F)F)cc1)N1C(=O)CSC1=O)C(C)(C)CCC2(C)C. The molecule has 182 valence electrons. The van der Waals surface area contributed by atoms with Crippen molar-refractivity contribution in [3.8, 4) is 5.75 Å². The molecule has 0 N–H and O–H groups in total. The van der Waals surface area contributed by atoms with Crippen LogP contribution in [0.5, 0.6) is 5.75 Å². The molecule has 0 bridgehead atoms. The van der Waals surface area contributed by atoms with Crippen LogP contribution in [-0.2, 0) is 15.6 Å². The molecule has 34 heavy (non-hydrogen) atoms. The van der Waals surface area contributed by atoms with Gasteiger partial charge in [0.05, 0.1) is 11.8 Å². The molecule has 2 aromatic rings. The number of aryl methyl sites for hydroxylation is 1. The lowest BCUT2D eigenvalue weighted by atomic mass is 9.62. The number of nitrogens with zero attached hydrogens (tertiary/aromatic N) is 1. The Morgan fingerprint density at radius 3 is 2.03 bits per heavy atom. The normalized spacial score (nSPS) is 20.3. The molecular formula is C26H28F3NO3S. The quantitative estimate of drug-likeness (QED) is 0.461. The molecular weight excluding hydrogens is 463 g/mol. The van der Waals surface area contributed by atoms with Crippen LogP contribution in [0.1, 0.15) is 74.4 Å². The molecule has 1 unspecified atom stereocenters. The minimum atomic E-state index is -4.80. The molecule has 4 nitrogen and oxygen atoms in total. The standard InChI is InChI=1S/C26H28F3NO3S/c1-15-12-19-20(25(4,5)11-10-24(19,2)3)13-18(15)22(30-21(31)14-34-23(30)32)16-6-8-17(9-7-16)33-26(27,28)29/h6-9,12-13,22H,10-11,14H2,1-5H3. The fraction of sp³-hybridized carbons (Fsp3) is 0.462. The zero-order valence-corrected chi connectivity index (χ0v) is 20.7. The van der Waals surface area contributed by atoms with E-state index >= 15 is 0 Å². The molecule has 8 heteroatoms. The zero-order chi connectivity index (χ0) is 25.1. The van der Waals surface area contributed by atoms with E-state index in [-0.39, 0.29) is 33.5 Å². The fourth-order valence-electron chi connectivity index (χ4n) is 4.97. The molecule has 1 heterocycles. The molecule has 2 aromatic carbocycles. The number of hydrogen-bond acceptors (Lipinski definition) is 4. The number of halogens is 3. The topological polar surface area (TPSA) is 46.6 Å². The molecule has 1 atom stereocenters.